The molecule has 1 aromatic rings. The maximum Gasteiger partial charge on any atom is 0.389 e. The van der Waals surface area contributed by atoms with Crippen molar-refractivity contribution < 1.29 is 27.8 Å². The first-order valence-electron chi connectivity index (χ1n) is 6.13. The molecule has 0 amide bonds. The molecule has 0 bridgehead atoms. The molecule has 0 unspecified atom stereocenters. The van der Waals surface area contributed by atoms with Crippen LogP contribution in [0.1, 0.15) is 25.3 Å². The third kappa shape index (κ3) is 5.58. The Balaban J connectivity index is 2.72. The second-order valence-electron chi connectivity index (χ2n) is 4.06. The highest BCUT2D eigenvalue weighted by molar-refractivity contribution is 9.10. The summed E-state index contributed by atoms with van der Waals surface area (Å²) in [5, 5.41) is 9.11. The SMILES string of the molecule is CCOc1cc(CO)cc(Br)c1OCCCC(F)(F)F. The number of halogens is 4. The highest BCUT2D eigenvalue weighted by atomic mass is 79.9. The summed E-state index contributed by atoms with van der Waals surface area (Å²) in [7, 11) is 0. The Morgan fingerprint density at radius 2 is 1.95 bits per heavy atom. The molecule has 0 spiro atoms. The quantitative estimate of drug-likeness (QED) is 0.748. The fraction of sp³-hybridized carbons (Fsp3) is 0.538. The van der Waals surface area contributed by atoms with Gasteiger partial charge in [-0.3, -0.25) is 0 Å². The summed E-state index contributed by atoms with van der Waals surface area (Å²) in [6, 6.07) is 3.25. The third-order valence-corrected chi connectivity index (χ3v) is 2.99. The lowest BCUT2D eigenvalue weighted by molar-refractivity contribution is -0.136. The van der Waals surface area contributed by atoms with Gasteiger partial charge in [-0.25, -0.2) is 0 Å². The van der Waals surface area contributed by atoms with Crippen LogP contribution >= 0.6 is 15.9 Å². The Morgan fingerprint density at radius 1 is 1.25 bits per heavy atom. The number of alkyl halides is 3. The molecule has 0 radical (unpaired) electrons. The molecule has 20 heavy (non-hydrogen) atoms. The molecular formula is C13H16BrF3O3. The summed E-state index contributed by atoms with van der Waals surface area (Å²) >= 11 is 3.26. The van der Waals surface area contributed by atoms with Crippen LogP contribution in [0.3, 0.4) is 0 Å². The van der Waals surface area contributed by atoms with Gasteiger partial charge in [0.05, 0.1) is 24.3 Å². The van der Waals surface area contributed by atoms with Crippen LogP contribution in [0, 0.1) is 0 Å². The molecule has 0 heterocycles. The van der Waals surface area contributed by atoms with Gasteiger partial charge in [0.25, 0.3) is 0 Å². The van der Waals surface area contributed by atoms with Crippen molar-refractivity contribution in [2.45, 2.75) is 32.5 Å². The van der Waals surface area contributed by atoms with Gasteiger partial charge in [-0.15, -0.1) is 0 Å². The molecule has 0 fully saturated rings. The number of hydrogen-bond donors (Lipinski definition) is 1. The zero-order valence-corrected chi connectivity index (χ0v) is 12.6. The lowest BCUT2D eigenvalue weighted by Gasteiger charge is -2.15. The smallest absolute Gasteiger partial charge is 0.389 e. The second-order valence-corrected chi connectivity index (χ2v) is 4.92. The molecule has 3 nitrogen and oxygen atoms in total. The van der Waals surface area contributed by atoms with Crippen molar-refractivity contribution in [3.8, 4) is 11.5 Å². The largest absolute Gasteiger partial charge is 0.490 e. The number of rotatable bonds is 7. The monoisotopic (exact) mass is 356 g/mol. The summed E-state index contributed by atoms with van der Waals surface area (Å²) in [5.41, 5.74) is 0.628. The Kier molecular flexibility index (Phi) is 6.61. The minimum absolute atomic E-state index is 0.0589. The molecule has 0 aliphatic rings. The first-order valence-corrected chi connectivity index (χ1v) is 6.92. The van der Waals surface area contributed by atoms with Crippen molar-refractivity contribution in [2.24, 2.45) is 0 Å². The van der Waals surface area contributed by atoms with Crippen LogP contribution in [0.2, 0.25) is 0 Å². The Labute approximate surface area is 123 Å². The fourth-order valence-electron chi connectivity index (χ4n) is 1.56. The van der Waals surface area contributed by atoms with E-state index in [9.17, 15) is 13.2 Å². The number of benzene rings is 1. The van der Waals surface area contributed by atoms with Crippen LogP contribution in [-0.2, 0) is 6.61 Å². The van der Waals surface area contributed by atoms with Crippen molar-refractivity contribution >= 4 is 15.9 Å². The number of hydrogen-bond acceptors (Lipinski definition) is 3. The standard InChI is InChI=1S/C13H16BrF3O3/c1-2-19-11-7-9(8-18)6-10(14)12(11)20-5-3-4-13(15,16)17/h6-7,18H,2-5,8H2,1H3. The lowest BCUT2D eigenvalue weighted by Crippen LogP contribution is -2.10. The van der Waals surface area contributed by atoms with Crippen LogP contribution < -0.4 is 9.47 Å². The molecule has 0 atom stereocenters. The Morgan fingerprint density at radius 3 is 2.50 bits per heavy atom. The van der Waals surface area contributed by atoms with Gasteiger partial charge in [0.2, 0.25) is 0 Å². The molecule has 1 N–H and O–H groups in total. The molecule has 0 aliphatic heterocycles. The number of aliphatic hydroxyl groups is 1. The van der Waals surface area contributed by atoms with E-state index in [1.54, 1.807) is 19.1 Å². The van der Waals surface area contributed by atoms with E-state index < -0.39 is 12.6 Å². The van der Waals surface area contributed by atoms with Crippen LogP contribution in [0.25, 0.3) is 0 Å². The van der Waals surface area contributed by atoms with E-state index in [0.717, 1.165) is 0 Å². The van der Waals surface area contributed by atoms with E-state index >= 15 is 0 Å². The average molecular weight is 357 g/mol. The minimum Gasteiger partial charge on any atom is -0.490 e. The summed E-state index contributed by atoms with van der Waals surface area (Å²) in [5.74, 6) is 0.754. The number of ether oxygens (including phenoxy) is 2. The summed E-state index contributed by atoms with van der Waals surface area (Å²) < 4.78 is 47.4. The van der Waals surface area contributed by atoms with Gasteiger partial charge in [0.1, 0.15) is 0 Å². The third-order valence-electron chi connectivity index (χ3n) is 2.40. The summed E-state index contributed by atoms with van der Waals surface area (Å²) in [6.07, 6.45) is -5.18. The molecule has 7 heteroatoms. The van der Waals surface area contributed by atoms with E-state index in [-0.39, 0.29) is 19.6 Å². The normalized spacial score (nSPS) is 11.5. The number of aliphatic hydroxyl groups excluding tert-OH is 1. The van der Waals surface area contributed by atoms with Crippen molar-refractivity contribution in [1.82, 2.24) is 0 Å². The van der Waals surface area contributed by atoms with Gasteiger partial charge < -0.3 is 14.6 Å². The van der Waals surface area contributed by atoms with Crippen LogP contribution in [-0.4, -0.2) is 24.5 Å². The topological polar surface area (TPSA) is 38.7 Å². The average Bonchev–Trinajstić information content (AvgIpc) is 2.35. The van der Waals surface area contributed by atoms with E-state index in [0.29, 0.717) is 28.1 Å². The van der Waals surface area contributed by atoms with Crippen molar-refractivity contribution in [3.05, 3.63) is 22.2 Å². The zero-order valence-electron chi connectivity index (χ0n) is 11.0. The molecule has 0 saturated heterocycles. The van der Waals surface area contributed by atoms with E-state index in [2.05, 4.69) is 15.9 Å². The van der Waals surface area contributed by atoms with Gasteiger partial charge in [0, 0.05) is 6.42 Å². The molecule has 0 saturated carbocycles. The Hall–Kier alpha value is -0.950. The maximum absolute atomic E-state index is 12.0. The molecule has 1 aromatic carbocycles. The maximum atomic E-state index is 12.0. The molecular weight excluding hydrogens is 341 g/mol. The minimum atomic E-state index is -4.18. The Bertz CT molecular complexity index is 436. The predicted molar refractivity (Wildman–Crippen MR) is 72.0 cm³/mol. The summed E-state index contributed by atoms with van der Waals surface area (Å²) in [4.78, 5) is 0. The molecule has 1 rings (SSSR count). The van der Waals surface area contributed by atoms with Crippen molar-refractivity contribution in [1.29, 1.82) is 0 Å². The van der Waals surface area contributed by atoms with Gasteiger partial charge in [-0.2, -0.15) is 13.2 Å². The highest BCUT2D eigenvalue weighted by Crippen LogP contribution is 2.37. The predicted octanol–water partition coefficient (Wildman–Crippen LogP) is 4.06. The van der Waals surface area contributed by atoms with Crippen LogP contribution in [0.5, 0.6) is 11.5 Å². The molecule has 114 valence electrons. The van der Waals surface area contributed by atoms with E-state index in [4.69, 9.17) is 14.6 Å². The first-order chi connectivity index (χ1) is 9.37. The first kappa shape index (κ1) is 17.1. The van der Waals surface area contributed by atoms with Crippen molar-refractivity contribution in [3.63, 3.8) is 0 Å². The fourth-order valence-corrected chi connectivity index (χ4v) is 2.17. The summed E-state index contributed by atoms with van der Waals surface area (Å²) in [6.45, 7) is 1.96. The molecule has 0 aromatic heterocycles. The van der Waals surface area contributed by atoms with Crippen LogP contribution in [0.4, 0.5) is 13.2 Å². The van der Waals surface area contributed by atoms with Gasteiger partial charge in [0.15, 0.2) is 11.5 Å². The van der Waals surface area contributed by atoms with Gasteiger partial charge in [-0.1, -0.05) is 0 Å². The van der Waals surface area contributed by atoms with Gasteiger partial charge >= 0.3 is 6.18 Å². The highest BCUT2D eigenvalue weighted by Gasteiger charge is 2.26. The van der Waals surface area contributed by atoms with Crippen molar-refractivity contribution in [2.75, 3.05) is 13.2 Å². The molecule has 0 aliphatic carbocycles. The van der Waals surface area contributed by atoms with Gasteiger partial charge in [-0.05, 0) is 47.0 Å². The van der Waals surface area contributed by atoms with Crippen LogP contribution in [0.15, 0.2) is 16.6 Å². The lowest BCUT2D eigenvalue weighted by atomic mass is 10.2. The van der Waals surface area contributed by atoms with E-state index in [1.807, 2.05) is 0 Å². The second kappa shape index (κ2) is 7.73. The zero-order chi connectivity index (χ0) is 15.2. The van der Waals surface area contributed by atoms with E-state index in [1.165, 1.54) is 0 Å².